The van der Waals surface area contributed by atoms with Crippen LogP contribution in [0.5, 0.6) is 11.8 Å². The fraction of sp³-hybridized carbons (Fsp3) is 0.143. The van der Waals surface area contributed by atoms with Crippen LogP contribution in [0.4, 0.5) is 11.4 Å². The molecule has 0 bridgehead atoms. The highest BCUT2D eigenvalue weighted by Crippen LogP contribution is 2.25. The van der Waals surface area contributed by atoms with Crippen molar-refractivity contribution in [3.05, 3.63) is 71.0 Å². The Kier molecular flexibility index (Phi) is 4.49. The first kappa shape index (κ1) is 17.7. The first-order valence-electron chi connectivity index (χ1n) is 8.80. The molecule has 2 amide bonds. The van der Waals surface area contributed by atoms with E-state index in [0.29, 0.717) is 23.4 Å². The summed E-state index contributed by atoms with van der Waals surface area (Å²) in [6.07, 6.45) is 0.295. The highest BCUT2D eigenvalue weighted by atomic mass is 16.5. The zero-order valence-corrected chi connectivity index (χ0v) is 15.4. The van der Waals surface area contributed by atoms with Gasteiger partial charge in [-0.1, -0.05) is 0 Å². The third-order valence-electron chi connectivity index (χ3n) is 4.28. The summed E-state index contributed by atoms with van der Waals surface area (Å²) in [5, 5.41) is 5.59. The fourth-order valence-corrected chi connectivity index (χ4v) is 3.02. The van der Waals surface area contributed by atoms with E-state index in [4.69, 9.17) is 4.74 Å². The Morgan fingerprint density at radius 1 is 1.04 bits per heavy atom. The SMILES string of the molecule is Cc1cc(C)nc(Oc2ccc(NC(=O)c3ccc4c(c3)CC(=O)N4)cc2)n1. The van der Waals surface area contributed by atoms with Gasteiger partial charge in [-0.3, -0.25) is 9.59 Å². The number of nitrogens with one attached hydrogen (secondary N) is 2. The topological polar surface area (TPSA) is 93.2 Å². The summed E-state index contributed by atoms with van der Waals surface area (Å²) in [6.45, 7) is 3.76. The van der Waals surface area contributed by atoms with Crippen LogP contribution < -0.4 is 15.4 Å². The third-order valence-corrected chi connectivity index (χ3v) is 4.28. The summed E-state index contributed by atoms with van der Waals surface area (Å²) < 4.78 is 5.67. The number of amides is 2. The third kappa shape index (κ3) is 3.83. The molecule has 0 saturated carbocycles. The molecule has 7 nitrogen and oxygen atoms in total. The molecule has 1 aliphatic heterocycles. The van der Waals surface area contributed by atoms with Crippen molar-refractivity contribution in [3.63, 3.8) is 0 Å². The van der Waals surface area contributed by atoms with Crippen molar-refractivity contribution < 1.29 is 14.3 Å². The summed E-state index contributed by atoms with van der Waals surface area (Å²) in [6, 6.07) is 14.3. The van der Waals surface area contributed by atoms with Crippen LogP contribution in [0.15, 0.2) is 48.5 Å². The van der Waals surface area contributed by atoms with Crippen LogP contribution in [0.25, 0.3) is 0 Å². The molecule has 4 rings (SSSR count). The van der Waals surface area contributed by atoms with Gasteiger partial charge in [0.2, 0.25) is 5.91 Å². The molecular formula is C21H18N4O3. The molecule has 28 heavy (non-hydrogen) atoms. The molecule has 2 heterocycles. The van der Waals surface area contributed by atoms with E-state index >= 15 is 0 Å². The molecule has 140 valence electrons. The van der Waals surface area contributed by atoms with E-state index < -0.39 is 0 Å². The Labute approximate surface area is 161 Å². The Morgan fingerprint density at radius 2 is 1.75 bits per heavy atom. The number of hydrogen-bond acceptors (Lipinski definition) is 5. The van der Waals surface area contributed by atoms with Crippen molar-refractivity contribution in [2.45, 2.75) is 20.3 Å². The van der Waals surface area contributed by atoms with Gasteiger partial charge in [0.25, 0.3) is 5.91 Å². The number of carbonyl (C=O) groups excluding carboxylic acids is 2. The summed E-state index contributed by atoms with van der Waals surface area (Å²) in [5.41, 5.74) is 4.38. The monoisotopic (exact) mass is 374 g/mol. The van der Waals surface area contributed by atoms with E-state index in [0.717, 1.165) is 22.6 Å². The van der Waals surface area contributed by atoms with Gasteiger partial charge in [-0.2, -0.15) is 0 Å². The minimum Gasteiger partial charge on any atom is -0.424 e. The maximum Gasteiger partial charge on any atom is 0.322 e. The lowest BCUT2D eigenvalue weighted by molar-refractivity contribution is -0.115. The van der Waals surface area contributed by atoms with Gasteiger partial charge in [-0.25, -0.2) is 9.97 Å². The van der Waals surface area contributed by atoms with E-state index in [9.17, 15) is 9.59 Å². The summed E-state index contributed by atoms with van der Waals surface area (Å²) in [5.74, 6) is 0.273. The van der Waals surface area contributed by atoms with Crippen LogP contribution in [0.2, 0.25) is 0 Å². The molecule has 0 radical (unpaired) electrons. The lowest BCUT2D eigenvalue weighted by Crippen LogP contribution is -2.12. The van der Waals surface area contributed by atoms with E-state index in [1.807, 2.05) is 19.9 Å². The number of rotatable bonds is 4. The van der Waals surface area contributed by atoms with Crippen LogP contribution in [0.3, 0.4) is 0 Å². The first-order valence-corrected chi connectivity index (χ1v) is 8.80. The number of nitrogens with zero attached hydrogens (tertiary/aromatic N) is 2. The van der Waals surface area contributed by atoms with Crippen molar-refractivity contribution in [2.75, 3.05) is 10.6 Å². The van der Waals surface area contributed by atoms with Crippen molar-refractivity contribution in [1.82, 2.24) is 9.97 Å². The summed E-state index contributed by atoms with van der Waals surface area (Å²) in [4.78, 5) is 32.4. The molecule has 1 aliphatic rings. The van der Waals surface area contributed by atoms with Gasteiger partial charge in [0.1, 0.15) is 5.75 Å². The number of carbonyl (C=O) groups is 2. The van der Waals surface area contributed by atoms with Crippen LogP contribution in [0.1, 0.15) is 27.3 Å². The quantitative estimate of drug-likeness (QED) is 0.727. The minimum absolute atomic E-state index is 0.0593. The first-order chi connectivity index (χ1) is 13.5. The van der Waals surface area contributed by atoms with Gasteiger partial charge in [-0.15, -0.1) is 0 Å². The zero-order valence-electron chi connectivity index (χ0n) is 15.4. The van der Waals surface area contributed by atoms with Crippen LogP contribution >= 0.6 is 0 Å². The highest BCUT2D eigenvalue weighted by Gasteiger charge is 2.19. The molecule has 0 saturated heterocycles. The molecular weight excluding hydrogens is 356 g/mol. The van der Waals surface area contributed by atoms with Crippen LogP contribution in [0, 0.1) is 13.8 Å². The maximum absolute atomic E-state index is 12.5. The smallest absolute Gasteiger partial charge is 0.322 e. The molecule has 0 fully saturated rings. The van der Waals surface area contributed by atoms with Gasteiger partial charge in [0.05, 0.1) is 6.42 Å². The van der Waals surface area contributed by atoms with Crippen molar-refractivity contribution >= 4 is 23.2 Å². The second-order valence-corrected chi connectivity index (χ2v) is 6.61. The number of hydrogen-bond donors (Lipinski definition) is 2. The predicted molar refractivity (Wildman–Crippen MR) is 105 cm³/mol. The highest BCUT2D eigenvalue weighted by molar-refractivity contribution is 6.06. The molecule has 1 aromatic heterocycles. The Balaban J connectivity index is 1.44. The van der Waals surface area contributed by atoms with Gasteiger partial charge in [0, 0.05) is 28.3 Å². The van der Waals surface area contributed by atoms with Gasteiger partial charge >= 0.3 is 6.01 Å². The summed E-state index contributed by atoms with van der Waals surface area (Å²) >= 11 is 0. The average molecular weight is 374 g/mol. The van der Waals surface area contributed by atoms with Crippen LogP contribution in [-0.4, -0.2) is 21.8 Å². The molecule has 7 heteroatoms. The molecule has 0 atom stereocenters. The Morgan fingerprint density at radius 3 is 2.46 bits per heavy atom. The lowest BCUT2D eigenvalue weighted by atomic mass is 10.1. The van der Waals surface area contributed by atoms with E-state index in [-0.39, 0.29) is 17.8 Å². The van der Waals surface area contributed by atoms with Gasteiger partial charge < -0.3 is 15.4 Å². The Bertz CT molecular complexity index is 1060. The Hall–Kier alpha value is -3.74. The van der Waals surface area contributed by atoms with Crippen molar-refractivity contribution in [2.24, 2.45) is 0 Å². The number of fused-ring (bicyclic) bond motifs is 1. The zero-order chi connectivity index (χ0) is 19.7. The summed E-state index contributed by atoms with van der Waals surface area (Å²) in [7, 11) is 0. The number of anilines is 2. The van der Waals surface area contributed by atoms with Crippen molar-refractivity contribution in [3.8, 4) is 11.8 Å². The molecule has 0 unspecified atom stereocenters. The number of aromatic nitrogens is 2. The number of ether oxygens (including phenoxy) is 1. The second kappa shape index (κ2) is 7.11. The predicted octanol–water partition coefficient (Wildman–Crippen LogP) is 3.63. The minimum atomic E-state index is -0.242. The van der Waals surface area contributed by atoms with Crippen molar-refractivity contribution in [1.29, 1.82) is 0 Å². The number of aryl methyl sites for hydroxylation is 2. The van der Waals surface area contributed by atoms with Gasteiger partial charge in [0.15, 0.2) is 0 Å². The standard InChI is InChI=1S/C21H18N4O3/c1-12-9-13(2)23-21(22-12)28-17-6-4-16(5-7-17)24-20(27)14-3-8-18-15(10-14)11-19(26)25-18/h3-10H,11H2,1-2H3,(H,24,27)(H,25,26). The average Bonchev–Trinajstić information content (AvgIpc) is 3.01. The molecule has 3 aromatic rings. The normalized spacial score (nSPS) is 12.3. The molecule has 0 spiro atoms. The van der Waals surface area contributed by atoms with E-state index in [1.54, 1.807) is 42.5 Å². The van der Waals surface area contributed by atoms with Gasteiger partial charge in [-0.05, 0) is 67.9 Å². The molecule has 0 aliphatic carbocycles. The van der Waals surface area contributed by atoms with E-state index in [2.05, 4.69) is 20.6 Å². The maximum atomic E-state index is 12.5. The van der Waals surface area contributed by atoms with Crippen LogP contribution in [-0.2, 0) is 11.2 Å². The molecule has 2 aromatic carbocycles. The largest absolute Gasteiger partial charge is 0.424 e. The second-order valence-electron chi connectivity index (χ2n) is 6.61. The number of benzene rings is 2. The lowest BCUT2D eigenvalue weighted by Gasteiger charge is -2.09. The molecule has 2 N–H and O–H groups in total. The van der Waals surface area contributed by atoms with E-state index in [1.165, 1.54) is 0 Å². The fourth-order valence-electron chi connectivity index (χ4n) is 3.02.